The van der Waals surface area contributed by atoms with Gasteiger partial charge in [-0.25, -0.2) is 8.42 Å². The van der Waals surface area contributed by atoms with Gasteiger partial charge in [-0.15, -0.1) is 0 Å². The number of aliphatic hydroxyl groups is 1. The van der Waals surface area contributed by atoms with Crippen LogP contribution in [0.4, 0.5) is 0 Å². The fourth-order valence-electron chi connectivity index (χ4n) is 2.72. The van der Waals surface area contributed by atoms with Crippen LogP contribution in [0.15, 0.2) is 36.4 Å². The molecule has 1 fully saturated rings. The van der Waals surface area contributed by atoms with Crippen molar-refractivity contribution < 1.29 is 13.5 Å². The molecule has 1 saturated carbocycles. The van der Waals surface area contributed by atoms with Crippen LogP contribution in [0.1, 0.15) is 37.7 Å². The van der Waals surface area contributed by atoms with Crippen LogP contribution >= 0.6 is 0 Å². The first-order valence-corrected chi connectivity index (χ1v) is 8.96. The highest BCUT2D eigenvalue weighted by Crippen LogP contribution is 2.29. The lowest BCUT2D eigenvalue weighted by atomic mass is 9.86. The van der Waals surface area contributed by atoms with Crippen molar-refractivity contribution in [3.63, 3.8) is 0 Å². The van der Waals surface area contributed by atoms with E-state index in [0.717, 1.165) is 24.8 Å². The van der Waals surface area contributed by atoms with Crippen LogP contribution in [-0.2, 0) is 9.84 Å². The summed E-state index contributed by atoms with van der Waals surface area (Å²) in [6.07, 6.45) is 7.62. The fraction of sp³-hybridized carbons (Fsp3) is 0.500. The molecule has 20 heavy (non-hydrogen) atoms. The summed E-state index contributed by atoms with van der Waals surface area (Å²) in [7, 11) is -3.25. The van der Waals surface area contributed by atoms with Gasteiger partial charge in [0.05, 0.1) is 17.1 Å². The smallest absolute Gasteiger partial charge is 0.156 e. The van der Waals surface area contributed by atoms with Gasteiger partial charge in [0.2, 0.25) is 0 Å². The van der Waals surface area contributed by atoms with Gasteiger partial charge in [-0.2, -0.15) is 0 Å². The van der Waals surface area contributed by atoms with Crippen molar-refractivity contribution in [3.8, 4) is 0 Å². The molecular formula is C16H22O3S. The quantitative estimate of drug-likeness (QED) is 0.908. The van der Waals surface area contributed by atoms with E-state index >= 15 is 0 Å². The molecule has 1 aromatic carbocycles. The zero-order valence-electron chi connectivity index (χ0n) is 11.7. The molecule has 1 aliphatic rings. The zero-order valence-corrected chi connectivity index (χ0v) is 12.5. The van der Waals surface area contributed by atoms with Gasteiger partial charge in [0, 0.05) is 0 Å². The number of sulfone groups is 1. The molecule has 2 rings (SSSR count). The summed E-state index contributed by atoms with van der Waals surface area (Å²) in [4.78, 5) is 0. The van der Waals surface area contributed by atoms with E-state index in [4.69, 9.17) is 0 Å². The van der Waals surface area contributed by atoms with E-state index in [2.05, 4.69) is 0 Å². The lowest BCUT2D eigenvalue weighted by Gasteiger charge is -2.31. The Morgan fingerprint density at radius 2 is 1.75 bits per heavy atom. The first-order chi connectivity index (χ1) is 9.49. The van der Waals surface area contributed by atoms with E-state index in [1.54, 1.807) is 6.08 Å². The highest BCUT2D eigenvalue weighted by molar-refractivity contribution is 7.91. The summed E-state index contributed by atoms with van der Waals surface area (Å²) in [5.41, 5.74) is -0.0171. The van der Waals surface area contributed by atoms with Gasteiger partial charge in [0.1, 0.15) is 0 Å². The number of benzene rings is 1. The number of rotatable bonds is 5. The van der Waals surface area contributed by atoms with Crippen molar-refractivity contribution in [1.82, 2.24) is 0 Å². The SMILES string of the molecule is O=S(=O)(C/C=C/c1ccccc1)CC1(O)CCCCC1. The minimum Gasteiger partial charge on any atom is -0.389 e. The lowest BCUT2D eigenvalue weighted by Crippen LogP contribution is -2.39. The Hall–Kier alpha value is -1.13. The van der Waals surface area contributed by atoms with Crippen molar-refractivity contribution in [2.75, 3.05) is 11.5 Å². The molecule has 0 aliphatic heterocycles. The fourth-order valence-corrected chi connectivity index (χ4v) is 4.33. The Bertz CT molecular complexity index is 540. The molecule has 0 atom stereocenters. The summed E-state index contributed by atoms with van der Waals surface area (Å²) in [6, 6.07) is 9.61. The van der Waals surface area contributed by atoms with E-state index in [9.17, 15) is 13.5 Å². The van der Waals surface area contributed by atoms with E-state index in [-0.39, 0.29) is 11.5 Å². The summed E-state index contributed by atoms with van der Waals surface area (Å²) < 4.78 is 24.2. The Labute approximate surface area is 121 Å². The Kier molecular flexibility index (Phi) is 5.00. The van der Waals surface area contributed by atoms with Crippen LogP contribution in [0.3, 0.4) is 0 Å². The van der Waals surface area contributed by atoms with Gasteiger partial charge in [0.25, 0.3) is 0 Å². The molecular weight excluding hydrogens is 272 g/mol. The van der Waals surface area contributed by atoms with Crippen LogP contribution < -0.4 is 0 Å². The largest absolute Gasteiger partial charge is 0.389 e. The van der Waals surface area contributed by atoms with E-state index < -0.39 is 15.4 Å². The third-order valence-electron chi connectivity index (χ3n) is 3.73. The van der Waals surface area contributed by atoms with Crippen molar-refractivity contribution >= 4 is 15.9 Å². The molecule has 0 bridgehead atoms. The molecule has 1 N–H and O–H groups in total. The van der Waals surface area contributed by atoms with E-state index in [0.29, 0.717) is 12.8 Å². The molecule has 0 unspecified atom stereocenters. The second-order valence-electron chi connectivity index (χ2n) is 5.65. The molecule has 4 heteroatoms. The van der Waals surface area contributed by atoms with Crippen molar-refractivity contribution in [1.29, 1.82) is 0 Å². The Morgan fingerprint density at radius 1 is 1.10 bits per heavy atom. The monoisotopic (exact) mass is 294 g/mol. The maximum Gasteiger partial charge on any atom is 0.156 e. The maximum atomic E-state index is 12.1. The first kappa shape index (κ1) is 15.3. The van der Waals surface area contributed by atoms with Gasteiger partial charge in [-0.1, -0.05) is 61.7 Å². The molecule has 110 valence electrons. The normalized spacial score (nSPS) is 19.2. The predicted octanol–water partition coefficient (Wildman–Crippen LogP) is 2.81. The minimum absolute atomic E-state index is 0.00972. The zero-order chi connectivity index (χ0) is 14.5. The molecule has 0 aromatic heterocycles. The van der Waals surface area contributed by atoms with Crippen molar-refractivity contribution in [2.45, 2.75) is 37.7 Å². The topological polar surface area (TPSA) is 54.4 Å². The summed E-state index contributed by atoms with van der Waals surface area (Å²) in [5.74, 6) is -0.122. The average Bonchev–Trinajstić information content (AvgIpc) is 2.39. The second-order valence-corrected chi connectivity index (χ2v) is 7.76. The molecule has 0 amide bonds. The molecule has 1 aromatic rings. The van der Waals surface area contributed by atoms with Gasteiger partial charge in [-0.3, -0.25) is 0 Å². The molecule has 0 spiro atoms. The van der Waals surface area contributed by atoms with Crippen molar-refractivity contribution in [2.24, 2.45) is 0 Å². The highest BCUT2D eigenvalue weighted by Gasteiger charge is 2.33. The predicted molar refractivity (Wildman–Crippen MR) is 82.2 cm³/mol. The Balaban J connectivity index is 1.92. The van der Waals surface area contributed by atoms with Gasteiger partial charge in [-0.05, 0) is 18.4 Å². The second kappa shape index (κ2) is 6.55. The third-order valence-corrected chi connectivity index (χ3v) is 5.41. The van der Waals surface area contributed by atoms with Gasteiger partial charge in [0.15, 0.2) is 9.84 Å². The highest BCUT2D eigenvalue weighted by atomic mass is 32.2. The van der Waals surface area contributed by atoms with E-state index in [1.165, 1.54) is 0 Å². The summed E-state index contributed by atoms with van der Waals surface area (Å²) in [5, 5.41) is 10.3. The van der Waals surface area contributed by atoms with Crippen LogP contribution in [0.25, 0.3) is 6.08 Å². The molecule has 0 heterocycles. The van der Waals surface area contributed by atoms with Gasteiger partial charge >= 0.3 is 0 Å². The first-order valence-electron chi connectivity index (χ1n) is 7.14. The molecule has 3 nitrogen and oxygen atoms in total. The maximum absolute atomic E-state index is 12.1. The average molecular weight is 294 g/mol. The summed E-state index contributed by atoms with van der Waals surface area (Å²) >= 11 is 0. The summed E-state index contributed by atoms with van der Waals surface area (Å²) in [6.45, 7) is 0. The molecule has 0 saturated heterocycles. The molecule has 0 radical (unpaired) electrons. The van der Waals surface area contributed by atoms with Crippen LogP contribution in [0.5, 0.6) is 0 Å². The van der Waals surface area contributed by atoms with Crippen LogP contribution in [-0.4, -0.2) is 30.6 Å². The lowest BCUT2D eigenvalue weighted by molar-refractivity contribution is 0.0258. The minimum atomic E-state index is -3.25. The third kappa shape index (κ3) is 4.76. The van der Waals surface area contributed by atoms with Crippen LogP contribution in [0, 0.1) is 0 Å². The van der Waals surface area contributed by atoms with Crippen molar-refractivity contribution in [3.05, 3.63) is 42.0 Å². The Morgan fingerprint density at radius 3 is 2.40 bits per heavy atom. The number of hydrogen-bond acceptors (Lipinski definition) is 3. The van der Waals surface area contributed by atoms with Crippen LogP contribution in [0.2, 0.25) is 0 Å². The number of hydrogen-bond donors (Lipinski definition) is 1. The van der Waals surface area contributed by atoms with E-state index in [1.807, 2.05) is 36.4 Å². The standard InChI is InChI=1S/C16H22O3S/c17-16(11-5-2-6-12-16)14-20(18,19)13-7-10-15-8-3-1-4-9-15/h1,3-4,7-10,17H,2,5-6,11-14H2/b10-7+. The molecule has 1 aliphatic carbocycles. The van der Waals surface area contributed by atoms with Gasteiger partial charge < -0.3 is 5.11 Å².